The van der Waals surface area contributed by atoms with Gasteiger partial charge in [0.25, 0.3) is 0 Å². The summed E-state index contributed by atoms with van der Waals surface area (Å²) in [5.74, 6) is 4.60. The summed E-state index contributed by atoms with van der Waals surface area (Å²) in [6.07, 6.45) is 2.85. The summed E-state index contributed by atoms with van der Waals surface area (Å²) in [6.45, 7) is 6.16. The topological polar surface area (TPSA) is 41.3 Å². The monoisotopic (exact) mass is 145 g/mol. The van der Waals surface area contributed by atoms with E-state index in [0.717, 1.165) is 0 Å². The zero-order valence-corrected chi connectivity index (χ0v) is 7.06. The molecule has 0 radical (unpaired) electrons. The largest absolute Gasteiger partial charge is 0.304 e. The third kappa shape index (κ3) is 4.73. The van der Waals surface area contributed by atoms with Crippen LogP contribution in [-0.2, 0) is 0 Å². The predicted molar refractivity (Wildman–Crippen MR) is 44.6 cm³/mol. The summed E-state index contributed by atoms with van der Waals surface area (Å²) in [4.78, 5) is 2.49. The van der Waals surface area contributed by atoms with Crippen molar-refractivity contribution >= 4 is 0 Å². The fourth-order valence-electron chi connectivity index (χ4n) is 1.10. The molecule has 1 heterocycles. The first kappa shape index (κ1) is 9.88. The molecule has 10 heavy (non-hydrogen) atoms. The van der Waals surface area contributed by atoms with E-state index >= 15 is 0 Å². The number of nitrogens with two attached hydrogens (primary N) is 1. The molecular weight excluding hydrogens is 126 g/mol. The van der Waals surface area contributed by atoms with Gasteiger partial charge >= 0.3 is 0 Å². The molecule has 0 saturated carbocycles. The molecule has 0 aromatic carbocycles. The molecule has 0 atom stereocenters. The lowest BCUT2D eigenvalue weighted by Crippen LogP contribution is -2.17. The number of hydrazine groups is 1. The Bertz CT molecular complexity index is 59.9. The second-order valence-corrected chi connectivity index (χ2v) is 2.43. The van der Waals surface area contributed by atoms with E-state index in [0.29, 0.717) is 0 Å². The van der Waals surface area contributed by atoms with Gasteiger partial charge in [-0.25, -0.2) is 0 Å². The van der Waals surface area contributed by atoms with Gasteiger partial charge in [-0.3, -0.25) is 11.3 Å². The van der Waals surface area contributed by atoms with E-state index in [4.69, 9.17) is 0 Å². The van der Waals surface area contributed by atoms with Crippen molar-refractivity contribution in [2.45, 2.75) is 19.8 Å². The van der Waals surface area contributed by atoms with Crippen LogP contribution in [0.3, 0.4) is 0 Å². The molecule has 1 fully saturated rings. The maximum Gasteiger partial charge on any atom is -0.00172 e. The molecule has 62 valence electrons. The van der Waals surface area contributed by atoms with Crippen LogP contribution in [0.1, 0.15) is 19.8 Å². The van der Waals surface area contributed by atoms with E-state index in [1.807, 2.05) is 0 Å². The minimum absolute atomic E-state index is 1.25. The lowest BCUT2D eigenvalue weighted by molar-refractivity contribution is 0.359. The van der Waals surface area contributed by atoms with Gasteiger partial charge in [-0.15, -0.1) is 0 Å². The van der Waals surface area contributed by atoms with Crippen LogP contribution in [0.2, 0.25) is 0 Å². The molecule has 3 nitrogen and oxygen atoms in total. The van der Waals surface area contributed by atoms with Gasteiger partial charge in [0.15, 0.2) is 0 Å². The number of nitrogens with zero attached hydrogens (tertiary/aromatic N) is 1. The zero-order valence-electron chi connectivity index (χ0n) is 7.06. The Morgan fingerprint density at radius 2 is 1.80 bits per heavy atom. The van der Waals surface area contributed by atoms with E-state index in [-0.39, 0.29) is 0 Å². The van der Waals surface area contributed by atoms with Crippen LogP contribution in [0.15, 0.2) is 0 Å². The highest BCUT2D eigenvalue weighted by atomic mass is 15.2. The van der Waals surface area contributed by atoms with Crippen molar-refractivity contribution < 1.29 is 0 Å². The number of hydrogen-bond donors (Lipinski definition) is 2. The molecule has 0 aromatic heterocycles. The summed E-state index contributed by atoms with van der Waals surface area (Å²) >= 11 is 0. The van der Waals surface area contributed by atoms with E-state index in [1.165, 1.54) is 32.5 Å². The summed E-state index contributed by atoms with van der Waals surface area (Å²) in [5.41, 5.74) is 2.25. The van der Waals surface area contributed by atoms with Gasteiger partial charge in [0.05, 0.1) is 0 Å². The van der Waals surface area contributed by atoms with Crippen molar-refractivity contribution in [2.24, 2.45) is 5.84 Å². The number of likely N-dealkylation sites (tertiary alicyclic amines) is 1. The maximum absolute atomic E-state index is 4.60. The van der Waals surface area contributed by atoms with Crippen LogP contribution in [-0.4, -0.2) is 31.6 Å². The third-order valence-corrected chi connectivity index (χ3v) is 1.65. The fourth-order valence-corrected chi connectivity index (χ4v) is 1.10. The molecule has 0 spiro atoms. The quantitative estimate of drug-likeness (QED) is 0.408. The Labute approximate surface area is 63.5 Å². The smallest absolute Gasteiger partial charge is 0.00172 e. The third-order valence-electron chi connectivity index (χ3n) is 1.65. The molecule has 0 aliphatic carbocycles. The molecule has 0 amide bonds. The summed E-state index contributed by atoms with van der Waals surface area (Å²) < 4.78 is 0. The first-order valence-electron chi connectivity index (χ1n) is 3.94. The average molecular weight is 145 g/mol. The number of hydrogen-bond acceptors (Lipinski definition) is 3. The zero-order chi connectivity index (χ0) is 7.82. The first-order valence-corrected chi connectivity index (χ1v) is 3.94. The second kappa shape index (κ2) is 6.99. The van der Waals surface area contributed by atoms with Crippen LogP contribution in [0.4, 0.5) is 0 Å². The average Bonchev–Trinajstić information content (AvgIpc) is 2.39. The van der Waals surface area contributed by atoms with Gasteiger partial charge in [0.1, 0.15) is 0 Å². The Morgan fingerprint density at radius 3 is 2.00 bits per heavy atom. The van der Waals surface area contributed by atoms with Crippen LogP contribution in [0, 0.1) is 0 Å². The molecular formula is C7H19N3. The Kier molecular flexibility index (Phi) is 6.91. The van der Waals surface area contributed by atoms with Gasteiger partial charge in [-0.1, -0.05) is 6.92 Å². The van der Waals surface area contributed by atoms with Gasteiger partial charge in [-0.05, 0) is 39.5 Å². The van der Waals surface area contributed by atoms with Crippen molar-refractivity contribution in [1.82, 2.24) is 10.3 Å². The van der Waals surface area contributed by atoms with Crippen molar-refractivity contribution in [1.29, 1.82) is 0 Å². The van der Waals surface area contributed by atoms with Crippen molar-refractivity contribution in [3.63, 3.8) is 0 Å². The van der Waals surface area contributed by atoms with Gasteiger partial charge in [-0.2, -0.15) is 0 Å². The number of nitrogens with one attached hydrogen (secondary N) is 1. The molecule has 3 heteroatoms. The standard InChI is InChI=1S/C6H13N.CH6N2/c1-2-7-5-3-4-6-7;1-3-2/h2-6H2,1H3;3H,2H2,1H3. The van der Waals surface area contributed by atoms with Crippen LogP contribution in [0.25, 0.3) is 0 Å². The molecule has 1 rings (SSSR count). The molecule has 0 aromatic rings. The highest BCUT2D eigenvalue weighted by Gasteiger charge is 2.06. The molecule has 1 saturated heterocycles. The van der Waals surface area contributed by atoms with Crippen LogP contribution < -0.4 is 11.3 Å². The van der Waals surface area contributed by atoms with Crippen LogP contribution >= 0.6 is 0 Å². The maximum atomic E-state index is 4.60. The fraction of sp³-hybridized carbons (Fsp3) is 1.00. The predicted octanol–water partition coefficient (Wildman–Crippen LogP) is 0.182. The van der Waals surface area contributed by atoms with Crippen LogP contribution in [0.5, 0.6) is 0 Å². The lowest BCUT2D eigenvalue weighted by atomic mass is 10.4. The Balaban J connectivity index is 0.000000236. The normalized spacial score (nSPS) is 18.3. The minimum Gasteiger partial charge on any atom is -0.304 e. The Hall–Kier alpha value is -0.120. The van der Waals surface area contributed by atoms with Gasteiger partial charge < -0.3 is 4.90 Å². The number of rotatable bonds is 1. The van der Waals surface area contributed by atoms with Crippen molar-refractivity contribution in [2.75, 3.05) is 26.7 Å². The first-order chi connectivity index (χ1) is 4.85. The van der Waals surface area contributed by atoms with E-state index in [1.54, 1.807) is 7.05 Å². The van der Waals surface area contributed by atoms with E-state index < -0.39 is 0 Å². The highest BCUT2D eigenvalue weighted by Crippen LogP contribution is 2.04. The minimum atomic E-state index is 1.25. The molecule has 3 N–H and O–H groups in total. The molecule has 0 bridgehead atoms. The van der Waals surface area contributed by atoms with E-state index in [2.05, 4.69) is 23.1 Å². The van der Waals surface area contributed by atoms with Gasteiger partial charge in [0.2, 0.25) is 0 Å². The summed E-state index contributed by atoms with van der Waals surface area (Å²) in [7, 11) is 1.65. The molecule has 0 unspecified atom stereocenters. The summed E-state index contributed by atoms with van der Waals surface area (Å²) in [6, 6.07) is 0. The highest BCUT2D eigenvalue weighted by molar-refractivity contribution is 4.62. The molecule has 1 aliphatic heterocycles. The summed E-state index contributed by atoms with van der Waals surface area (Å²) in [5, 5.41) is 0. The second-order valence-electron chi connectivity index (χ2n) is 2.43. The van der Waals surface area contributed by atoms with Crippen molar-refractivity contribution in [3.05, 3.63) is 0 Å². The van der Waals surface area contributed by atoms with E-state index in [9.17, 15) is 0 Å². The lowest BCUT2D eigenvalue weighted by Gasteiger charge is -2.08. The van der Waals surface area contributed by atoms with Crippen molar-refractivity contribution in [3.8, 4) is 0 Å². The Morgan fingerprint density at radius 1 is 1.40 bits per heavy atom. The van der Waals surface area contributed by atoms with Gasteiger partial charge in [0, 0.05) is 0 Å². The SMILES string of the molecule is CCN1CCCC1.CNN. The molecule has 1 aliphatic rings.